The van der Waals surface area contributed by atoms with Crippen LogP contribution in [0.15, 0.2) is 34.6 Å². The highest BCUT2D eigenvalue weighted by atomic mass is 127. The average molecular weight is 571 g/mol. The summed E-state index contributed by atoms with van der Waals surface area (Å²) in [4.78, 5) is 10.3. The Bertz CT molecular complexity index is 833. The van der Waals surface area contributed by atoms with Crippen LogP contribution in [0, 0.1) is 5.82 Å². The van der Waals surface area contributed by atoms with E-state index >= 15 is 0 Å². The lowest BCUT2D eigenvalue weighted by molar-refractivity contribution is -0.140. The molecule has 11 heteroatoms. The summed E-state index contributed by atoms with van der Waals surface area (Å²) in [6.45, 7) is 5.27. The summed E-state index contributed by atoms with van der Waals surface area (Å²) in [5.74, 6) is 0.350. The minimum atomic E-state index is -4.43. The maximum absolute atomic E-state index is 13.0. The Hall–Kier alpha value is -1.47. The third kappa shape index (κ3) is 8.19. The van der Waals surface area contributed by atoms with Gasteiger partial charge in [-0.05, 0) is 37.5 Å². The van der Waals surface area contributed by atoms with E-state index in [2.05, 4.69) is 25.5 Å². The molecule has 1 aliphatic rings. The predicted octanol–water partition coefficient (Wildman–Crippen LogP) is 4.64. The highest BCUT2D eigenvalue weighted by molar-refractivity contribution is 14.0. The first kappa shape index (κ1) is 25.8. The number of hydrogen-bond acceptors (Lipinski definition) is 4. The molecule has 0 bridgehead atoms. The number of halogens is 5. The number of aliphatic imine (C=N–C) groups is 1. The van der Waals surface area contributed by atoms with Gasteiger partial charge in [0.2, 0.25) is 0 Å². The van der Waals surface area contributed by atoms with Crippen LogP contribution in [0.2, 0.25) is 0 Å². The van der Waals surface area contributed by atoms with E-state index in [0.717, 1.165) is 54.8 Å². The molecule has 1 fully saturated rings. The van der Waals surface area contributed by atoms with Crippen molar-refractivity contribution in [1.29, 1.82) is 0 Å². The molecule has 31 heavy (non-hydrogen) atoms. The Labute approximate surface area is 200 Å². The van der Waals surface area contributed by atoms with Gasteiger partial charge in [-0.2, -0.15) is 13.2 Å². The molecule has 0 amide bonds. The van der Waals surface area contributed by atoms with Gasteiger partial charge in [0.15, 0.2) is 11.7 Å². The molecule has 5 nitrogen and oxygen atoms in total. The second-order valence-electron chi connectivity index (χ2n) is 7.14. The smallest absolute Gasteiger partial charge is 0.357 e. The molecule has 0 radical (unpaired) electrons. The molecule has 1 aliphatic heterocycles. The quantitative estimate of drug-likeness (QED) is 0.230. The average Bonchev–Trinajstić information content (AvgIpc) is 3.19. The molecule has 0 spiro atoms. The van der Waals surface area contributed by atoms with Crippen LogP contribution in [0.25, 0.3) is 0 Å². The number of hydrogen-bond donors (Lipinski definition) is 2. The van der Waals surface area contributed by atoms with Crippen molar-refractivity contribution in [2.45, 2.75) is 45.1 Å². The van der Waals surface area contributed by atoms with Crippen molar-refractivity contribution in [1.82, 2.24) is 20.5 Å². The first-order valence-electron chi connectivity index (χ1n) is 9.86. The zero-order valence-electron chi connectivity index (χ0n) is 17.1. The normalized spacial score (nSPS) is 16.1. The van der Waals surface area contributed by atoms with Crippen LogP contribution in [0.1, 0.15) is 36.0 Å². The highest BCUT2D eigenvalue weighted by Crippen LogP contribution is 2.30. The number of guanidine groups is 1. The summed E-state index contributed by atoms with van der Waals surface area (Å²) in [6, 6.07) is 6.79. The summed E-state index contributed by atoms with van der Waals surface area (Å²) in [5.41, 5.74) is 0.212. The molecule has 0 unspecified atom stereocenters. The lowest BCUT2D eigenvalue weighted by Gasteiger charge is -2.33. The van der Waals surface area contributed by atoms with Crippen molar-refractivity contribution >= 4 is 41.3 Å². The third-order valence-corrected chi connectivity index (χ3v) is 5.64. The number of thiazole rings is 1. The topological polar surface area (TPSA) is 52.6 Å². The zero-order chi connectivity index (χ0) is 21.6. The minimum Gasteiger partial charge on any atom is -0.357 e. The SMILES string of the molecule is CCNC(=NCc1nc(C(F)(F)F)cs1)NC1CCN(Cc2ccc(F)cc2)CC1.I. The Morgan fingerprint density at radius 2 is 1.90 bits per heavy atom. The van der Waals surface area contributed by atoms with Crippen molar-refractivity contribution in [3.05, 3.63) is 51.7 Å². The zero-order valence-corrected chi connectivity index (χ0v) is 20.2. The van der Waals surface area contributed by atoms with Crippen LogP contribution in [0.4, 0.5) is 17.6 Å². The molecule has 1 aromatic heterocycles. The first-order valence-corrected chi connectivity index (χ1v) is 10.7. The van der Waals surface area contributed by atoms with E-state index in [1.165, 1.54) is 12.1 Å². The van der Waals surface area contributed by atoms with E-state index in [-0.39, 0.29) is 42.4 Å². The number of piperidine rings is 1. The second-order valence-corrected chi connectivity index (χ2v) is 8.08. The molecule has 2 heterocycles. The fraction of sp³-hybridized carbons (Fsp3) is 0.500. The molecular formula is C20H26F4IN5S. The van der Waals surface area contributed by atoms with E-state index in [1.54, 1.807) is 12.1 Å². The summed E-state index contributed by atoms with van der Waals surface area (Å²) in [6.07, 6.45) is -2.59. The van der Waals surface area contributed by atoms with E-state index in [4.69, 9.17) is 0 Å². The van der Waals surface area contributed by atoms with Gasteiger partial charge in [0.1, 0.15) is 10.8 Å². The number of rotatable bonds is 6. The van der Waals surface area contributed by atoms with Crippen LogP contribution in [-0.4, -0.2) is 41.5 Å². The Morgan fingerprint density at radius 3 is 2.48 bits per heavy atom. The molecule has 172 valence electrons. The van der Waals surface area contributed by atoms with Gasteiger partial charge < -0.3 is 10.6 Å². The second kappa shape index (κ2) is 12.0. The van der Waals surface area contributed by atoms with Gasteiger partial charge in [0, 0.05) is 37.6 Å². The Balaban J connectivity index is 0.00000341. The van der Waals surface area contributed by atoms with Crippen molar-refractivity contribution < 1.29 is 17.6 Å². The van der Waals surface area contributed by atoms with Gasteiger partial charge in [0.25, 0.3) is 0 Å². The fourth-order valence-corrected chi connectivity index (χ4v) is 3.98. The van der Waals surface area contributed by atoms with Crippen LogP contribution >= 0.6 is 35.3 Å². The molecular weight excluding hydrogens is 545 g/mol. The summed E-state index contributed by atoms with van der Waals surface area (Å²) in [5, 5.41) is 7.85. The maximum atomic E-state index is 13.0. The van der Waals surface area contributed by atoms with Gasteiger partial charge in [-0.15, -0.1) is 35.3 Å². The number of nitrogens with zero attached hydrogens (tertiary/aromatic N) is 3. The monoisotopic (exact) mass is 571 g/mol. The van der Waals surface area contributed by atoms with E-state index in [0.29, 0.717) is 17.5 Å². The van der Waals surface area contributed by atoms with E-state index < -0.39 is 11.9 Å². The first-order chi connectivity index (χ1) is 14.3. The van der Waals surface area contributed by atoms with Gasteiger partial charge in [-0.25, -0.2) is 14.4 Å². The molecule has 2 aromatic rings. The minimum absolute atomic E-state index is 0. The summed E-state index contributed by atoms with van der Waals surface area (Å²) >= 11 is 0.961. The van der Waals surface area contributed by atoms with E-state index in [1.807, 2.05) is 6.92 Å². The lowest BCUT2D eigenvalue weighted by Crippen LogP contribution is -2.48. The van der Waals surface area contributed by atoms with Crippen molar-refractivity contribution in [2.24, 2.45) is 4.99 Å². The molecule has 2 N–H and O–H groups in total. The number of likely N-dealkylation sites (tertiary alicyclic amines) is 1. The van der Waals surface area contributed by atoms with E-state index in [9.17, 15) is 17.6 Å². The van der Waals surface area contributed by atoms with Crippen LogP contribution in [0.5, 0.6) is 0 Å². The third-order valence-electron chi connectivity index (χ3n) is 4.81. The predicted molar refractivity (Wildman–Crippen MR) is 125 cm³/mol. The number of aromatic nitrogens is 1. The van der Waals surface area contributed by atoms with Gasteiger partial charge >= 0.3 is 6.18 Å². The highest BCUT2D eigenvalue weighted by Gasteiger charge is 2.33. The summed E-state index contributed by atoms with van der Waals surface area (Å²) in [7, 11) is 0. The molecule has 1 aromatic carbocycles. The van der Waals surface area contributed by atoms with Crippen LogP contribution < -0.4 is 10.6 Å². The number of alkyl halides is 3. The Morgan fingerprint density at radius 1 is 1.23 bits per heavy atom. The fourth-order valence-electron chi connectivity index (χ4n) is 3.26. The molecule has 3 rings (SSSR count). The summed E-state index contributed by atoms with van der Waals surface area (Å²) < 4.78 is 51.1. The number of benzene rings is 1. The van der Waals surface area contributed by atoms with Crippen molar-refractivity contribution in [2.75, 3.05) is 19.6 Å². The molecule has 1 saturated heterocycles. The molecule has 0 aliphatic carbocycles. The largest absolute Gasteiger partial charge is 0.434 e. The lowest BCUT2D eigenvalue weighted by atomic mass is 10.0. The Kier molecular flexibility index (Phi) is 9.94. The van der Waals surface area contributed by atoms with Crippen LogP contribution in [-0.2, 0) is 19.3 Å². The molecule has 0 atom stereocenters. The van der Waals surface area contributed by atoms with Gasteiger partial charge in [-0.3, -0.25) is 4.90 Å². The number of nitrogens with one attached hydrogen (secondary N) is 2. The van der Waals surface area contributed by atoms with Crippen molar-refractivity contribution in [3.63, 3.8) is 0 Å². The standard InChI is InChI=1S/C20H25F4N5S.HI/c1-2-25-19(26-11-18-28-17(13-30-18)20(22,23)24)27-16-7-9-29(10-8-16)12-14-3-5-15(21)6-4-14;/h3-6,13,16H,2,7-12H2,1H3,(H2,25,26,27);1H. The van der Waals surface area contributed by atoms with Gasteiger partial charge in [0.05, 0.1) is 6.54 Å². The van der Waals surface area contributed by atoms with Gasteiger partial charge in [-0.1, -0.05) is 12.1 Å². The van der Waals surface area contributed by atoms with Crippen molar-refractivity contribution in [3.8, 4) is 0 Å². The maximum Gasteiger partial charge on any atom is 0.434 e. The molecule has 0 saturated carbocycles. The van der Waals surface area contributed by atoms with Crippen LogP contribution in [0.3, 0.4) is 0 Å².